The number of nitrogens with zero attached hydrogens (tertiary/aromatic N) is 6. The molecule has 8 rings (SSSR count). The molecule has 12 heteroatoms. The van der Waals surface area contributed by atoms with Crippen LogP contribution >= 0.6 is 0 Å². The van der Waals surface area contributed by atoms with Crippen LogP contribution < -0.4 is 15.3 Å². The maximum absolute atomic E-state index is 14.9. The number of hydrogen-bond donors (Lipinski definition) is 1. The van der Waals surface area contributed by atoms with Gasteiger partial charge in [-0.1, -0.05) is 12.1 Å². The van der Waals surface area contributed by atoms with Crippen LogP contribution in [-0.2, 0) is 13.1 Å². The summed E-state index contributed by atoms with van der Waals surface area (Å²) < 4.78 is 40.7. The second kappa shape index (κ2) is 11.2. The third-order valence-electron chi connectivity index (χ3n) is 8.82. The van der Waals surface area contributed by atoms with E-state index >= 15 is 0 Å². The molecule has 1 N–H and O–H groups in total. The average Bonchev–Trinajstić information content (AvgIpc) is 3.74. The Morgan fingerprint density at radius 1 is 1.14 bits per heavy atom. The molecule has 2 saturated heterocycles. The van der Waals surface area contributed by atoms with Gasteiger partial charge in [-0.15, -0.1) is 0 Å². The number of fused-ring (bicyclic) bond motifs is 4. The summed E-state index contributed by atoms with van der Waals surface area (Å²) in [7, 11) is 1.45. The number of phenolic OH excluding ortho intramolecular Hbond substituents is 1. The van der Waals surface area contributed by atoms with Crippen molar-refractivity contribution in [3.63, 3.8) is 0 Å². The molecule has 6 heterocycles. The van der Waals surface area contributed by atoms with E-state index in [1.165, 1.54) is 38.2 Å². The Morgan fingerprint density at radius 2 is 2.00 bits per heavy atom. The van der Waals surface area contributed by atoms with Crippen LogP contribution in [0.4, 0.5) is 14.6 Å². The van der Waals surface area contributed by atoms with Crippen LogP contribution in [0.15, 0.2) is 52.1 Å². The summed E-state index contributed by atoms with van der Waals surface area (Å²) >= 11 is 0. The molecule has 5 aromatic rings. The minimum Gasteiger partial charge on any atom is -0.508 e. The Balaban J connectivity index is 0.000000296. The minimum atomic E-state index is -0.662. The zero-order valence-electron chi connectivity index (χ0n) is 24.5. The fourth-order valence-electron chi connectivity index (χ4n) is 6.73. The fourth-order valence-corrected chi connectivity index (χ4v) is 6.73. The summed E-state index contributed by atoms with van der Waals surface area (Å²) in [4.78, 5) is 30.8. The van der Waals surface area contributed by atoms with Gasteiger partial charge in [0.05, 0.1) is 31.2 Å². The van der Waals surface area contributed by atoms with Crippen LogP contribution in [0.25, 0.3) is 33.0 Å². The smallest absolute Gasteiger partial charge is 0.349 e. The van der Waals surface area contributed by atoms with E-state index in [0.29, 0.717) is 54.5 Å². The van der Waals surface area contributed by atoms with Crippen molar-refractivity contribution in [1.29, 1.82) is 0 Å². The number of aromatic nitrogens is 4. The number of imidazole rings is 1. The van der Waals surface area contributed by atoms with E-state index < -0.39 is 17.6 Å². The first kappa shape index (κ1) is 28.2. The lowest BCUT2D eigenvalue weighted by atomic mass is 9.98. The Morgan fingerprint density at radius 3 is 2.82 bits per heavy atom. The summed E-state index contributed by atoms with van der Waals surface area (Å²) in [5.74, 6) is -0.0526. The predicted octanol–water partition coefficient (Wildman–Crippen LogP) is 4.97. The molecule has 10 nitrogen and oxygen atoms in total. The number of aromatic hydroxyl groups is 1. The van der Waals surface area contributed by atoms with Gasteiger partial charge in [-0.3, -0.25) is 4.90 Å². The van der Waals surface area contributed by atoms with Crippen LogP contribution in [0.3, 0.4) is 0 Å². The van der Waals surface area contributed by atoms with E-state index in [1.54, 1.807) is 31.6 Å². The van der Waals surface area contributed by atoms with Gasteiger partial charge < -0.3 is 23.7 Å². The van der Waals surface area contributed by atoms with Crippen molar-refractivity contribution < 1.29 is 23.0 Å². The van der Waals surface area contributed by atoms with E-state index in [0.717, 1.165) is 18.7 Å². The minimum absolute atomic E-state index is 0.0777. The highest BCUT2D eigenvalue weighted by molar-refractivity contribution is 6.00. The van der Waals surface area contributed by atoms with Crippen molar-refractivity contribution in [2.75, 3.05) is 31.6 Å². The quantitative estimate of drug-likeness (QED) is 0.306. The van der Waals surface area contributed by atoms with Gasteiger partial charge in [-0.2, -0.15) is 9.97 Å². The van der Waals surface area contributed by atoms with Gasteiger partial charge in [0.2, 0.25) is 0 Å². The molecule has 0 spiro atoms. The highest BCUT2D eigenvalue weighted by Crippen LogP contribution is 2.38. The molecule has 2 atom stereocenters. The maximum Gasteiger partial charge on any atom is 0.349 e. The summed E-state index contributed by atoms with van der Waals surface area (Å²) in [5, 5.41) is 11.2. The third-order valence-corrected chi connectivity index (χ3v) is 8.82. The molecule has 44 heavy (non-hydrogen) atoms. The lowest BCUT2D eigenvalue weighted by molar-refractivity contribution is 0.292. The predicted molar refractivity (Wildman–Crippen MR) is 161 cm³/mol. The first-order valence-corrected chi connectivity index (χ1v) is 14.7. The lowest BCUT2D eigenvalue weighted by Gasteiger charge is -2.29. The van der Waals surface area contributed by atoms with E-state index in [-0.39, 0.29) is 33.9 Å². The van der Waals surface area contributed by atoms with Gasteiger partial charge in [0.1, 0.15) is 28.9 Å². The van der Waals surface area contributed by atoms with Gasteiger partial charge in [0, 0.05) is 48.4 Å². The fraction of sp³-hybridized carbons (Fsp3) is 0.375. The van der Waals surface area contributed by atoms with Crippen LogP contribution in [0.5, 0.6) is 11.8 Å². The number of rotatable bonds is 3. The first-order chi connectivity index (χ1) is 21.3. The van der Waals surface area contributed by atoms with Gasteiger partial charge in [-0.05, 0) is 56.3 Å². The van der Waals surface area contributed by atoms with Gasteiger partial charge in [-0.25, -0.2) is 18.6 Å². The number of ether oxygens (including phenoxy) is 1. The van der Waals surface area contributed by atoms with Crippen LogP contribution in [-0.4, -0.2) is 68.5 Å². The zero-order chi connectivity index (χ0) is 30.5. The highest BCUT2D eigenvalue weighted by atomic mass is 19.1. The molecule has 2 fully saturated rings. The van der Waals surface area contributed by atoms with Crippen molar-refractivity contribution in [3.05, 3.63) is 70.4 Å². The number of benzene rings is 2. The van der Waals surface area contributed by atoms with Gasteiger partial charge in [0.15, 0.2) is 5.82 Å². The molecule has 0 aliphatic carbocycles. The zero-order valence-corrected chi connectivity index (χ0v) is 24.5. The van der Waals surface area contributed by atoms with Gasteiger partial charge >= 0.3 is 11.6 Å². The molecule has 0 amide bonds. The topological polar surface area (TPSA) is 110 Å². The monoisotopic (exact) mass is 602 g/mol. The number of halogens is 2. The maximum atomic E-state index is 14.9. The molecule has 0 saturated carbocycles. The Hall–Kier alpha value is -4.58. The van der Waals surface area contributed by atoms with Crippen LogP contribution in [0, 0.1) is 12.7 Å². The van der Waals surface area contributed by atoms with Crippen molar-refractivity contribution in [3.8, 4) is 23.1 Å². The third kappa shape index (κ3) is 4.92. The SMILES string of the molecule is COc1nc(N2CCn3cncc3C2)c2c(=O)oc(-c3cc(O)cc4cccc(F)c34)c(C)c2n1.FC1CC2CCCN2C1. The first-order valence-electron chi connectivity index (χ1n) is 14.7. The normalized spacial score (nSPS) is 19.6. The Labute approximate surface area is 251 Å². The second-order valence-electron chi connectivity index (χ2n) is 11.6. The van der Waals surface area contributed by atoms with E-state index in [2.05, 4.69) is 19.9 Å². The lowest BCUT2D eigenvalue weighted by Crippen LogP contribution is -2.34. The van der Waals surface area contributed by atoms with E-state index in [4.69, 9.17) is 9.15 Å². The molecule has 0 bridgehead atoms. The number of alkyl halides is 1. The van der Waals surface area contributed by atoms with Crippen molar-refractivity contribution in [2.45, 2.75) is 51.5 Å². The summed E-state index contributed by atoms with van der Waals surface area (Å²) in [5.41, 5.74) is 1.42. The highest BCUT2D eigenvalue weighted by Gasteiger charge is 2.34. The van der Waals surface area contributed by atoms with Crippen molar-refractivity contribution >= 4 is 27.5 Å². The number of methoxy groups -OCH3 is 1. The molecule has 2 unspecified atom stereocenters. The molecule has 3 aliphatic rings. The van der Waals surface area contributed by atoms with Crippen molar-refractivity contribution in [1.82, 2.24) is 24.4 Å². The Kier molecular flexibility index (Phi) is 7.16. The summed E-state index contributed by atoms with van der Waals surface area (Å²) in [6.07, 6.45) is 6.36. The van der Waals surface area contributed by atoms with E-state index in [1.807, 2.05) is 9.47 Å². The largest absolute Gasteiger partial charge is 0.508 e. The van der Waals surface area contributed by atoms with Crippen LogP contribution in [0.1, 0.15) is 30.5 Å². The second-order valence-corrected chi connectivity index (χ2v) is 11.6. The van der Waals surface area contributed by atoms with Gasteiger partial charge in [0.25, 0.3) is 0 Å². The molecule has 3 aromatic heterocycles. The number of hydrogen-bond acceptors (Lipinski definition) is 9. The molecule has 228 valence electrons. The Bertz CT molecular complexity index is 1930. The summed E-state index contributed by atoms with van der Waals surface area (Å²) in [6, 6.07) is 8.11. The number of aryl methyl sites for hydroxylation is 1. The van der Waals surface area contributed by atoms with Crippen LogP contribution in [0.2, 0.25) is 0 Å². The standard InChI is InChI=1S/C25H20FN5O4.C7H12FN/c1-13-21-20(23(29-25(28-21)34-2)30-6-7-31-12-27-10-15(31)11-30)24(33)35-22(13)17-9-16(32)8-14-4-3-5-18(26)19(14)17;8-6-4-7-2-1-3-9(7)5-6/h3-5,8-10,12,32H,6-7,11H2,1-2H3;6-7H,1-5H2. The molecular formula is C32H32F2N6O4. The average molecular weight is 603 g/mol. The molecular weight excluding hydrogens is 570 g/mol. The molecule has 2 aromatic carbocycles. The molecule has 0 radical (unpaired) electrons. The van der Waals surface area contributed by atoms with Crippen molar-refractivity contribution in [2.24, 2.45) is 0 Å². The number of phenols is 1. The summed E-state index contributed by atoms with van der Waals surface area (Å²) in [6.45, 7) is 5.37. The van der Waals surface area contributed by atoms with E-state index in [9.17, 15) is 18.7 Å². The number of anilines is 1. The molecule has 3 aliphatic heterocycles.